The molecular formula is C12H14BrNO3S. The van der Waals surface area contributed by atoms with Crippen LogP contribution < -0.4 is 5.32 Å². The lowest BCUT2D eigenvalue weighted by atomic mass is 10.2. The molecule has 4 nitrogen and oxygen atoms in total. The highest BCUT2D eigenvalue weighted by Gasteiger charge is 2.21. The minimum absolute atomic E-state index is 0.285. The lowest BCUT2D eigenvalue weighted by Crippen LogP contribution is -2.43. The maximum absolute atomic E-state index is 11.9. The average Bonchev–Trinajstić information content (AvgIpc) is 2.38. The average molecular weight is 332 g/mol. The molecule has 0 unspecified atom stereocenters. The van der Waals surface area contributed by atoms with Crippen LogP contribution in [0.4, 0.5) is 0 Å². The number of nitrogens with one attached hydrogen (secondary N) is 1. The number of methoxy groups -OCH3 is 1. The van der Waals surface area contributed by atoms with Gasteiger partial charge in [0.25, 0.3) is 5.91 Å². The van der Waals surface area contributed by atoms with E-state index in [9.17, 15) is 9.59 Å². The zero-order valence-corrected chi connectivity index (χ0v) is 12.5. The predicted octanol–water partition coefficient (Wildman–Crippen LogP) is 2.08. The van der Waals surface area contributed by atoms with Crippen LogP contribution in [0.1, 0.15) is 10.4 Å². The van der Waals surface area contributed by atoms with Crippen LogP contribution >= 0.6 is 27.7 Å². The summed E-state index contributed by atoms with van der Waals surface area (Å²) in [5, 5.41) is 2.65. The summed E-state index contributed by atoms with van der Waals surface area (Å²) in [6.07, 6.45) is 1.86. The van der Waals surface area contributed by atoms with Crippen molar-refractivity contribution in [1.29, 1.82) is 0 Å². The van der Waals surface area contributed by atoms with E-state index in [1.54, 1.807) is 24.3 Å². The van der Waals surface area contributed by atoms with Gasteiger partial charge in [-0.15, -0.1) is 0 Å². The smallest absolute Gasteiger partial charge is 0.329 e. The van der Waals surface area contributed by atoms with Gasteiger partial charge in [-0.25, -0.2) is 4.79 Å². The van der Waals surface area contributed by atoms with Gasteiger partial charge in [0, 0.05) is 15.8 Å². The fourth-order valence-corrected chi connectivity index (χ4v) is 2.14. The van der Waals surface area contributed by atoms with Crippen LogP contribution in [0.5, 0.6) is 0 Å². The molecular weight excluding hydrogens is 318 g/mol. The summed E-state index contributed by atoms with van der Waals surface area (Å²) in [6.45, 7) is 0. The third kappa shape index (κ3) is 4.34. The van der Waals surface area contributed by atoms with Gasteiger partial charge >= 0.3 is 5.97 Å². The second-order valence-electron chi connectivity index (χ2n) is 3.51. The predicted molar refractivity (Wildman–Crippen MR) is 75.8 cm³/mol. The third-order valence-electron chi connectivity index (χ3n) is 2.23. The summed E-state index contributed by atoms with van der Waals surface area (Å²) in [4.78, 5) is 23.4. The van der Waals surface area contributed by atoms with Crippen LogP contribution in [-0.4, -0.2) is 37.0 Å². The summed E-state index contributed by atoms with van der Waals surface area (Å²) in [5.74, 6) is -0.239. The Bertz CT molecular complexity index is 422. The Morgan fingerprint density at radius 2 is 2.00 bits per heavy atom. The molecule has 0 saturated carbocycles. The minimum Gasteiger partial charge on any atom is -0.467 e. The van der Waals surface area contributed by atoms with Crippen LogP contribution in [0.2, 0.25) is 0 Å². The lowest BCUT2D eigenvalue weighted by Gasteiger charge is -2.15. The molecule has 6 heteroatoms. The molecule has 1 aromatic rings. The van der Waals surface area contributed by atoms with Crippen molar-refractivity contribution in [3.05, 3.63) is 34.3 Å². The molecule has 1 rings (SSSR count). The maximum atomic E-state index is 11.9. The number of esters is 1. The van der Waals surface area contributed by atoms with E-state index in [-0.39, 0.29) is 5.91 Å². The van der Waals surface area contributed by atoms with Gasteiger partial charge in [0.05, 0.1) is 7.11 Å². The molecule has 0 fully saturated rings. The van der Waals surface area contributed by atoms with E-state index in [2.05, 4.69) is 26.0 Å². The Kier molecular flexibility index (Phi) is 6.21. The first-order chi connectivity index (χ1) is 8.58. The van der Waals surface area contributed by atoms with Crippen molar-refractivity contribution in [3.8, 4) is 0 Å². The number of rotatable bonds is 5. The first-order valence-corrected chi connectivity index (χ1v) is 7.40. The molecule has 1 aromatic carbocycles. The topological polar surface area (TPSA) is 55.4 Å². The van der Waals surface area contributed by atoms with Crippen molar-refractivity contribution in [2.75, 3.05) is 19.1 Å². The first-order valence-electron chi connectivity index (χ1n) is 5.21. The fourth-order valence-electron chi connectivity index (χ4n) is 1.32. The molecule has 98 valence electrons. The van der Waals surface area contributed by atoms with Crippen molar-refractivity contribution in [1.82, 2.24) is 5.32 Å². The first kappa shape index (κ1) is 15.0. The molecule has 0 spiro atoms. The Morgan fingerprint density at radius 1 is 1.39 bits per heavy atom. The monoisotopic (exact) mass is 331 g/mol. The summed E-state index contributed by atoms with van der Waals surface area (Å²) in [5.41, 5.74) is 0.508. The summed E-state index contributed by atoms with van der Waals surface area (Å²) >= 11 is 4.77. The molecule has 0 aromatic heterocycles. The van der Waals surface area contributed by atoms with E-state index in [0.29, 0.717) is 11.3 Å². The Labute approximate surface area is 119 Å². The van der Waals surface area contributed by atoms with Gasteiger partial charge in [-0.3, -0.25) is 4.79 Å². The quantitative estimate of drug-likeness (QED) is 0.839. The van der Waals surface area contributed by atoms with E-state index in [4.69, 9.17) is 0 Å². The van der Waals surface area contributed by atoms with E-state index < -0.39 is 12.0 Å². The summed E-state index contributed by atoms with van der Waals surface area (Å²) < 4.78 is 5.54. The minimum atomic E-state index is -0.624. The second kappa shape index (κ2) is 7.43. The Morgan fingerprint density at radius 3 is 2.50 bits per heavy atom. The molecule has 1 amide bonds. The fraction of sp³-hybridized carbons (Fsp3) is 0.333. The molecule has 1 N–H and O–H groups in total. The molecule has 0 bridgehead atoms. The van der Waals surface area contributed by atoms with E-state index in [1.807, 2.05) is 6.26 Å². The largest absolute Gasteiger partial charge is 0.467 e. The molecule has 0 heterocycles. The lowest BCUT2D eigenvalue weighted by molar-refractivity contribution is -0.142. The number of thioether (sulfide) groups is 1. The van der Waals surface area contributed by atoms with Crippen molar-refractivity contribution < 1.29 is 14.3 Å². The van der Waals surface area contributed by atoms with Crippen LogP contribution in [-0.2, 0) is 9.53 Å². The third-order valence-corrected chi connectivity index (χ3v) is 3.43. The number of carbonyl (C=O) groups is 2. The van der Waals surface area contributed by atoms with Crippen LogP contribution in [0.15, 0.2) is 28.7 Å². The van der Waals surface area contributed by atoms with Gasteiger partial charge < -0.3 is 10.1 Å². The van der Waals surface area contributed by atoms with Gasteiger partial charge in [0.1, 0.15) is 6.04 Å². The second-order valence-corrected chi connectivity index (χ2v) is 5.34. The highest BCUT2D eigenvalue weighted by Crippen LogP contribution is 2.11. The standard InChI is InChI=1S/C12H14BrNO3S/c1-17-12(16)10(7-18-2)14-11(15)8-3-5-9(13)6-4-8/h3-6,10H,7H2,1-2H3,(H,14,15)/t10-/m0/s1. The molecule has 1 atom stereocenters. The van der Waals surface area contributed by atoms with Gasteiger partial charge in [0.15, 0.2) is 0 Å². The van der Waals surface area contributed by atoms with Crippen LogP contribution in [0, 0.1) is 0 Å². The van der Waals surface area contributed by atoms with E-state index >= 15 is 0 Å². The van der Waals surface area contributed by atoms with Gasteiger partial charge in [-0.05, 0) is 30.5 Å². The molecule has 18 heavy (non-hydrogen) atoms. The highest BCUT2D eigenvalue weighted by atomic mass is 79.9. The number of halogens is 1. The maximum Gasteiger partial charge on any atom is 0.329 e. The van der Waals surface area contributed by atoms with Crippen LogP contribution in [0.25, 0.3) is 0 Å². The molecule has 0 aliphatic carbocycles. The SMILES string of the molecule is COC(=O)[C@H](CSC)NC(=O)c1ccc(Br)cc1. The normalized spacial score (nSPS) is 11.7. The summed E-state index contributed by atoms with van der Waals surface area (Å²) in [6, 6.07) is 6.30. The number of carbonyl (C=O) groups excluding carboxylic acids is 2. The number of hydrogen-bond acceptors (Lipinski definition) is 4. The van der Waals surface area contributed by atoms with Gasteiger partial charge in [0.2, 0.25) is 0 Å². The van der Waals surface area contributed by atoms with Crippen molar-refractivity contribution >= 4 is 39.6 Å². The van der Waals surface area contributed by atoms with E-state index in [0.717, 1.165) is 4.47 Å². The van der Waals surface area contributed by atoms with Crippen molar-refractivity contribution in [2.45, 2.75) is 6.04 Å². The van der Waals surface area contributed by atoms with E-state index in [1.165, 1.54) is 18.9 Å². The molecule has 0 aliphatic rings. The number of hydrogen-bond donors (Lipinski definition) is 1. The number of ether oxygens (including phenoxy) is 1. The highest BCUT2D eigenvalue weighted by molar-refractivity contribution is 9.10. The number of amides is 1. The number of benzene rings is 1. The van der Waals surface area contributed by atoms with Gasteiger partial charge in [-0.2, -0.15) is 11.8 Å². The summed E-state index contributed by atoms with van der Waals surface area (Å²) in [7, 11) is 1.31. The Hall–Kier alpha value is -1.01. The van der Waals surface area contributed by atoms with Crippen molar-refractivity contribution in [2.24, 2.45) is 0 Å². The molecule has 0 saturated heterocycles. The van der Waals surface area contributed by atoms with Gasteiger partial charge in [-0.1, -0.05) is 15.9 Å². The zero-order chi connectivity index (χ0) is 13.5. The molecule has 0 aliphatic heterocycles. The van der Waals surface area contributed by atoms with Crippen molar-refractivity contribution in [3.63, 3.8) is 0 Å². The Balaban J connectivity index is 2.71. The zero-order valence-electron chi connectivity index (χ0n) is 10.1. The van der Waals surface area contributed by atoms with Crippen LogP contribution in [0.3, 0.4) is 0 Å². The molecule has 0 radical (unpaired) electrons.